The summed E-state index contributed by atoms with van der Waals surface area (Å²) < 4.78 is 0. The molecule has 4 N–H and O–H groups in total. The third-order valence-electron chi connectivity index (χ3n) is 2.45. The number of phenols is 1. The van der Waals surface area contributed by atoms with Crippen molar-refractivity contribution in [1.29, 1.82) is 0 Å². The molecule has 0 amide bonds. The predicted molar refractivity (Wildman–Crippen MR) is 61.4 cm³/mol. The molecule has 88 valence electrons. The van der Waals surface area contributed by atoms with Gasteiger partial charge < -0.3 is 15.9 Å². The Labute approximate surface area is 94.7 Å². The molecule has 0 fully saturated rings. The number of aliphatic carboxylic acids is 1. The molecule has 1 aromatic rings. The van der Waals surface area contributed by atoms with Gasteiger partial charge in [0.05, 0.1) is 6.42 Å². The van der Waals surface area contributed by atoms with Crippen LogP contribution in [-0.2, 0) is 4.79 Å². The van der Waals surface area contributed by atoms with Crippen LogP contribution < -0.4 is 5.73 Å². The van der Waals surface area contributed by atoms with E-state index in [4.69, 9.17) is 10.8 Å². The summed E-state index contributed by atoms with van der Waals surface area (Å²) in [5.74, 6) is -0.549. The maximum absolute atomic E-state index is 10.5. The van der Waals surface area contributed by atoms with Crippen molar-refractivity contribution < 1.29 is 15.0 Å². The van der Waals surface area contributed by atoms with Gasteiger partial charge in [0.2, 0.25) is 0 Å². The summed E-state index contributed by atoms with van der Waals surface area (Å²) in [4.78, 5) is 10.5. The Morgan fingerprint density at radius 1 is 1.31 bits per heavy atom. The summed E-state index contributed by atoms with van der Waals surface area (Å²) in [6.07, 6.45) is -0.138. The lowest BCUT2D eigenvalue weighted by molar-refractivity contribution is -0.137. The zero-order valence-electron chi connectivity index (χ0n) is 9.47. The van der Waals surface area contributed by atoms with Gasteiger partial charge in [-0.05, 0) is 29.2 Å². The van der Waals surface area contributed by atoms with Gasteiger partial charge in [-0.15, -0.1) is 0 Å². The van der Waals surface area contributed by atoms with E-state index in [2.05, 4.69) is 0 Å². The number of rotatable bonds is 4. The average molecular weight is 223 g/mol. The van der Waals surface area contributed by atoms with Gasteiger partial charge in [-0.2, -0.15) is 0 Å². The summed E-state index contributed by atoms with van der Waals surface area (Å²) in [5, 5.41) is 18.2. The number of benzene rings is 1. The Bertz CT molecular complexity index is 388. The average Bonchev–Trinajstić information content (AvgIpc) is 2.15. The second kappa shape index (κ2) is 4.99. The van der Waals surface area contributed by atoms with Crippen molar-refractivity contribution in [3.05, 3.63) is 29.3 Å². The van der Waals surface area contributed by atoms with Crippen molar-refractivity contribution >= 4 is 5.97 Å². The molecular weight excluding hydrogens is 206 g/mol. The molecule has 0 bridgehead atoms. The fourth-order valence-corrected chi connectivity index (χ4v) is 1.51. The molecule has 0 aromatic heterocycles. The molecule has 1 rings (SSSR count). The van der Waals surface area contributed by atoms with Crippen molar-refractivity contribution in [1.82, 2.24) is 0 Å². The van der Waals surface area contributed by atoms with Crippen LogP contribution in [0, 0.1) is 0 Å². The third-order valence-corrected chi connectivity index (χ3v) is 2.45. The van der Waals surface area contributed by atoms with Gasteiger partial charge in [0, 0.05) is 6.04 Å². The Balaban J connectivity index is 2.99. The highest BCUT2D eigenvalue weighted by molar-refractivity contribution is 5.68. The van der Waals surface area contributed by atoms with E-state index in [0.717, 1.165) is 5.56 Å². The molecule has 4 heteroatoms. The van der Waals surface area contributed by atoms with E-state index >= 15 is 0 Å². The van der Waals surface area contributed by atoms with Crippen LogP contribution in [0.25, 0.3) is 0 Å². The van der Waals surface area contributed by atoms with Crippen LogP contribution in [0.15, 0.2) is 18.2 Å². The summed E-state index contributed by atoms with van der Waals surface area (Å²) in [5.41, 5.74) is 7.35. The van der Waals surface area contributed by atoms with Gasteiger partial charge >= 0.3 is 5.97 Å². The molecule has 16 heavy (non-hydrogen) atoms. The molecule has 1 atom stereocenters. The van der Waals surface area contributed by atoms with Gasteiger partial charge in [0.1, 0.15) is 5.75 Å². The van der Waals surface area contributed by atoms with E-state index in [1.54, 1.807) is 6.07 Å². The largest absolute Gasteiger partial charge is 0.508 e. The van der Waals surface area contributed by atoms with Gasteiger partial charge in [0.15, 0.2) is 0 Å². The number of carbonyl (C=O) groups is 1. The minimum atomic E-state index is -0.943. The lowest BCUT2D eigenvalue weighted by Crippen LogP contribution is -2.15. The smallest absolute Gasteiger partial charge is 0.305 e. The zero-order valence-corrected chi connectivity index (χ0v) is 9.47. The van der Waals surface area contributed by atoms with Crippen LogP contribution in [0.3, 0.4) is 0 Å². The number of carboxylic acid groups (broad SMARTS) is 1. The van der Waals surface area contributed by atoms with Crippen LogP contribution in [0.2, 0.25) is 0 Å². The van der Waals surface area contributed by atoms with Crippen LogP contribution in [0.5, 0.6) is 5.75 Å². The molecule has 0 spiro atoms. The Morgan fingerprint density at radius 2 is 1.88 bits per heavy atom. The number of hydrogen-bond acceptors (Lipinski definition) is 3. The molecule has 0 aliphatic rings. The molecular formula is C12H17NO3. The van der Waals surface area contributed by atoms with Crippen LogP contribution in [-0.4, -0.2) is 16.2 Å². The molecule has 1 aromatic carbocycles. The quantitative estimate of drug-likeness (QED) is 0.728. The van der Waals surface area contributed by atoms with E-state index in [1.165, 1.54) is 6.07 Å². The summed E-state index contributed by atoms with van der Waals surface area (Å²) in [6, 6.07) is 4.45. The monoisotopic (exact) mass is 223 g/mol. The van der Waals surface area contributed by atoms with Gasteiger partial charge in [0.25, 0.3) is 0 Å². The van der Waals surface area contributed by atoms with E-state index < -0.39 is 12.0 Å². The van der Waals surface area contributed by atoms with Crippen LogP contribution in [0.4, 0.5) is 0 Å². The first-order valence-corrected chi connectivity index (χ1v) is 5.21. The maximum Gasteiger partial charge on any atom is 0.305 e. The second-order valence-corrected chi connectivity index (χ2v) is 4.22. The van der Waals surface area contributed by atoms with Crippen molar-refractivity contribution in [3.63, 3.8) is 0 Å². The number of phenolic OH excluding ortho intramolecular Hbond substituents is 1. The number of carboxylic acids is 1. The fraction of sp³-hybridized carbons (Fsp3) is 0.417. The van der Waals surface area contributed by atoms with Gasteiger partial charge in [-0.1, -0.05) is 19.9 Å². The maximum atomic E-state index is 10.5. The SMILES string of the molecule is CC(C)c1cc(O)cc(C(N)CC(=O)O)c1. The summed E-state index contributed by atoms with van der Waals surface area (Å²) in [6.45, 7) is 4.00. The highest BCUT2D eigenvalue weighted by atomic mass is 16.4. The Morgan fingerprint density at radius 3 is 2.38 bits per heavy atom. The fourth-order valence-electron chi connectivity index (χ4n) is 1.51. The van der Waals surface area contributed by atoms with Gasteiger partial charge in [-0.25, -0.2) is 0 Å². The van der Waals surface area contributed by atoms with Crippen LogP contribution >= 0.6 is 0 Å². The Hall–Kier alpha value is -1.55. The zero-order chi connectivity index (χ0) is 12.3. The molecule has 4 nitrogen and oxygen atoms in total. The molecule has 1 unspecified atom stereocenters. The predicted octanol–water partition coefficient (Wildman–Crippen LogP) is 1.99. The number of hydrogen-bond donors (Lipinski definition) is 3. The Kier molecular flexibility index (Phi) is 3.90. The summed E-state index contributed by atoms with van der Waals surface area (Å²) in [7, 11) is 0. The first-order chi connectivity index (χ1) is 7.40. The molecule has 0 saturated heterocycles. The highest BCUT2D eigenvalue weighted by Gasteiger charge is 2.13. The minimum Gasteiger partial charge on any atom is -0.508 e. The van der Waals surface area contributed by atoms with Crippen LogP contribution in [0.1, 0.15) is 43.4 Å². The van der Waals surface area contributed by atoms with Crippen molar-refractivity contribution in [3.8, 4) is 5.75 Å². The van der Waals surface area contributed by atoms with E-state index in [0.29, 0.717) is 5.56 Å². The van der Waals surface area contributed by atoms with Crippen molar-refractivity contribution in [2.45, 2.75) is 32.2 Å². The third kappa shape index (κ3) is 3.24. The molecule has 0 saturated carbocycles. The van der Waals surface area contributed by atoms with Gasteiger partial charge in [-0.3, -0.25) is 4.79 Å². The second-order valence-electron chi connectivity index (χ2n) is 4.22. The molecule has 0 heterocycles. The lowest BCUT2D eigenvalue weighted by atomic mass is 9.96. The minimum absolute atomic E-state index is 0.127. The number of aromatic hydroxyl groups is 1. The van der Waals surface area contributed by atoms with E-state index in [1.807, 2.05) is 19.9 Å². The first kappa shape index (κ1) is 12.5. The molecule has 0 radical (unpaired) electrons. The molecule has 0 aliphatic heterocycles. The first-order valence-electron chi connectivity index (χ1n) is 5.21. The van der Waals surface area contributed by atoms with Crippen molar-refractivity contribution in [2.75, 3.05) is 0 Å². The van der Waals surface area contributed by atoms with E-state index in [-0.39, 0.29) is 18.1 Å². The lowest BCUT2D eigenvalue weighted by Gasteiger charge is -2.13. The van der Waals surface area contributed by atoms with Crippen molar-refractivity contribution in [2.24, 2.45) is 5.73 Å². The van der Waals surface area contributed by atoms with E-state index in [9.17, 15) is 9.90 Å². The normalized spacial score (nSPS) is 12.8. The molecule has 0 aliphatic carbocycles. The topological polar surface area (TPSA) is 83.5 Å². The standard InChI is InChI=1S/C12H17NO3/c1-7(2)8-3-9(5-10(14)4-8)11(13)6-12(15)16/h3-5,7,11,14H,6,13H2,1-2H3,(H,15,16). The summed E-state index contributed by atoms with van der Waals surface area (Å²) >= 11 is 0. The number of nitrogens with two attached hydrogens (primary N) is 1. The highest BCUT2D eigenvalue weighted by Crippen LogP contribution is 2.25.